The number of hydrogen-bond acceptors (Lipinski definition) is 6. The third kappa shape index (κ3) is 5.36. The lowest BCUT2D eigenvalue weighted by Gasteiger charge is -2.12. The molecule has 0 radical (unpaired) electrons. The summed E-state index contributed by atoms with van der Waals surface area (Å²) in [5.41, 5.74) is 1.72. The molecule has 0 saturated carbocycles. The van der Waals surface area contributed by atoms with E-state index in [0.717, 1.165) is 22.2 Å². The number of ether oxygens (including phenoxy) is 1. The van der Waals surface area contributed by atoms with Crippen molar-refractivity contribution in [3.63, 3.8) is 0 Å². The van der Waals surface area contributed by atoms with E-state index < -0.39 is 17.1 Å². The smallest absolute Gasteiger partial charge is 0.338 e. The van der Waals surface area contributed by atoms with E-state index in [-0.39, 0.29) is 25.5 Å². The number of carbonyl (C=O) groups is 4. The standard InChI is InChI=1S/C22H20N2O5S/c1-2-29-21(27)16-8-10-17(11-9-16)23-19(25)12-13-24-20(26)18(30-22(24)28)14-15-6-4-3-5-7-15/h3-11,14H,2,12-13H2,1H3,(H,23,25)/b18-14+. The molecular weight excluding hydrogens is 404 g/mol. The van der Waals surface area contributed by atoms with Gasteiger partial charge >= 0.3 is 5.97 Å². The first-order valence-corrected chi connectivity index (χ1v) is 10.2. The van der Waals surface area contributed by atoms with Crippen molar-refractivity contribution in [1.82, 2.24) is 4.90 Å². The maximum Gasteiger partial charge on any atom is 0.338 e. The van der Waals surface area contributed by atoms with Crippen LogP contribution in [-0.4, -0.2) is 41.1 Å². The number of thioether (sulfide) groups is 1. The van der Waals surface area contributed by atoms with Gasteiger partial charge < -0.3 is 10.1 Å². The minimum Gasteiger partial charge on any atom is -0.462 e. The third-order valence-electron chi connectivity index (χ3n) is 4.21. The van der Waals surface area contributed by atoms with Crippen LogP contribution in [0.1, 0.15) is 29.3 Å². The Morgan fingerprint density at radius 1 is 1.07 bits per heavy atom. The van der Waals surface area contributed by atoms with Crippen LogP contribution < -0.4 is 5.32 Å². The van der Waals surface area contributed by atoms with Crippen LogP contribution in [0.25, 0.3) is 6.08 Å². The van der Waals surface area contributed by atoms with E-state index in [4.69, 9.17) is 4.74 Å². The average molecular weight is 424 g/mol. The van der Waals surface area contributed by atoms with Gasteiger partial charge in [-0.25, -0.2) is 4.79 Å². The van der Waals surface area contributed by atoms with Gasteiger partial charge in [0.05, 0.1) is 17.1 Å². The molecule has 154 valence electrons. The lowest BCUT2D eigenvalue weighted by atomic mass is 10.2. The van der Waals surface area contributed by atoms with Crippen molar-refractivity contribution < 1.29 is 23.9 Å². The minimum atomic E-state index is -0.432. The fourth-order valence-electron chi connectivity index (χ4n) is 2.73. The molecule has 0 unspecified atom stereocenters. The predicted molar refractivity (Wildman–Crippen MR) is 115 cm³/mol. The molecular formula is C22H20N2O5S. The van der Waals surface area contributed by atoms with E-state index in [0.29, 0.717) is 16.2 Å². The predicted octanol–water partition coefficient (Wildman–Crippen LogP) is 3.93. The van der Waals surface area contributed by atoms with Crippen LogP contribution in [0.4, 0.5) is 10.5 Å². The summed E-state index contributed by atoms with van der Waals surface area (Å²) in [5, 5.41) is 2.29. The van der Waals surface area contributed by atoms with E-state index in [9.17, 15) is 19.2 Å². The number of imide groups is 1. The molecule has 2 aromatic rings. The zero-order chi connectivity index (χ0) is 21.5. The highest BCUT2D eigenvalue weighted by molar-refractivity contribution is 8.18. The fourth-order valence-corrected chi connectivity index (χ4v) is 3.60. The highest BCUT2D eigenvalue weighted by atomic mass is 32.2. The molecule has 1 aliphatic rings. The summed E-state index contributed by atoms with van der Waals surface area (Å²) < 4.78 is 4.91. The van der Waals surface area contributed by atoms with E-state index in [1.165, 1.54) is 0 Å². The molecule has 8 heteroatoms. The number of esters is 1. The normalized spacial score (nSPS) is 14.8. The summed E-state index contributed by atoms with van der Waals surface area (Å²) >= 11 is 0.864. The molecule has 2 aromatic carbocycles. The quantitative estimate of drug-likeness (QED) is 0.535. The largest absolute Gasteiger partial charge is 0.462 e. The van der Waals surface area contributed by atoms with Gasteiger partial charge in [0.15, 0.2) is 0 Å². The van der Waals surface area contributed by atoms with Crippen molar-refractivity contribution in [3.8, 4) is 0 Å². The van der Waals surface area contributed by atoms with Crippen LogP contribution >= 0.6 is 11.8 Å². The highest BCUT2D eigenvalue weighted by Crippen LogP contribution is 2.32. The van der Waals surface area contributed by atoms with Gasteiger partial charge in [0.1, 0.15) is 0 Å². The van der Waals surface area contributed by atoms with Gasteiger partial charge in [0, 0.05) is 18.7 Å². The van der Waals surface area contributed by atoms with Gasteiger partial charge in [-0.3, -0.25) is 19.3 Å². The topological polar surface area (TPSA) is 92.8 Å². The van der Waals surface area contributed by atoms with Crippen LogP contribution in [0.5, 0.6) is 0 Å². The van der Waals surface area contributed by atoms with Gasteiger partial charge in [-0.2, -0.15) is 0 Å². The Morgan fingerprint density at radius 2 is 1.77 bits per heavy atom. The molecule has 3 amide bonds. The summed E-state index contributed by atoms with van der Waals surface area (Å²) in [6, 6.07) is 15.5. The maximum atomic E-state index is 12.5. The van der Waals surface area contributed by atoms with E-state index in [1.807, 2.05) is 30.3 Å². The number of benzene rings is 2. The van der Waals surface area contributed by atoms with Crippen molar-refractivity contribution in [2.45, 2.75) is 13.3 Å². The SMILES string of the molecule is CCOC(=O)c1ccc(NC(=O)CCN2C(=O)S/C(=C/c3ccccc3)C2=O)cc1. The molecule has 7 nitrogen and oxygen atoms in total. The Balaban J connectivity index is 1.54. The Hall–Kier alpha value is -3.39. The average Bonchev–Trinajstić information content (AvgIpc) is 3.00. The molecule has 0 bridgehead atoms. The number of nitrogens with zero attached hydrogens (tertiary/aromatic N) is 1. The fraction of sp³-hybridized carbons (Fsp3) is 0.182. The number of rotatable bonds is 7. The lowest BCUT2D eigenvalue weighted by Crippen LogP contribution is -2.31. The number of amides is 3. The molecule has 1 aliphatic heterocycles. The molecule has 30 heavy (non-hydrogen) atoms. The zero-order valence-corrected chi connectivity index (χ0v) is 17.1. The van der Waals surface area contributed by atoms with Crippen LogP contribution in [0.3, 0.4) is 0 Å². The van der Waals surface area contributed by atoms with Crippen molar-refractivity contribution in [2.24, 2.45) is 0 Å². The molecule has 0 atom stereocenters. The summed E-state index contributed by atoms with van der Waals surface area (Å²) in [6.45, 7) is 2.00. The van der Waals surface area contributed by atoms with E-state index in [2.05, 4.69) is 5.32 Å². The maximum absolute atomic E-state index is 12.5. The second-order valence-corrected chi connectivity index (χ2v) is 7.33. The van der Waals surface area contributed by atoms with Gasteiger partial charge in [-0.15, -0.1) is 0 Å². The Kier molecular flexibility index (Phi) is 7.03. The third-order valence-corrected chi connectivity index (χ3v) is 5.12. The number of nitrogens with one attached hydrogen (secondary N) is 1. The van der Waals surface area contributed by atoms with E-state index in [1.54, 1.807) is 37.3 Å². The molecule has 1 heterocycles. The van der Waals surface area contributed by atoms with Crippen molar-refractivity contribution in [3.05, 3.63) is 70.6 Å². The van der Waals surface area contributed by atoms with Gasteiger partial charge in [0.25, 0.3) is 11.1 Å². The van der Waals surface area contributed by atoms with Gasteiger partial charge in [0.2, 0.25) is 5.91 Å². The molecule has 1 saturated heterocycles. The van der Waals surface area contributed by atoms with Crippen LogP contribution in [0.15, 0.2) is 59.5 Å². The zero-order valence-electron chi connectivity index (χ0n) is 16.3. The van der Waals surface area contributed by atoms with Crippen LogP contribution in [-0.2, 0) is 14.3 Å². The van der Waals surface area contributed by atoms with Crippen LogP contribution in [0.2, 0.25) is 0 Å². The summed E-state index contributed by atoms with van der Waals surface area (Å²) in [6.07, 6.45) is 1.63. The first kappa shape index (κ1) is 21.3. The summed E-state index contributed by atoms with van der Waals surface area (Å²) in [7, 11) is 0. The van der Waals surface area contributed by atoms with E-state index >= 15 is 0 Å². The molecule has 0 aromatic heterocycles. The number of carbonyl (C=O) groups excluding carboxylic acids is 4. The monoisotopic (exact) mass is 424 g/mol. The highest BCUT2D eigenvalue weighted by Gasteiger charge is 2.35. The van der Waals surface area contributed by atoms with Crippen molar-refractivity contribution >= 4 is 46.5 Å². The second kappa shape index (κ2) is 9.89. The van der Waals surface area contributed by atoms with Crippen molar-refractivity contribution in [2.75, 3.05) is 18.5 Å². The first-order valence-electron chi connectivity index (χ1n) is 9.35. The second-order valence-electron chi connectivity index (χ2n) is 6.34. The summed E-state index contributed by atoms with van der Waals surface area (Å²) in [5.74, 6) is -1.18. The van der Waals surface area contributed by atoms with Gasteiger partial charge in [-0.05, 0) is 54.6 Å². The first-order chi connectivity index (χ1) is 14.5. The minimum absolute atomic E-state index is 0.0104. The Labute approximate surface area is 178 Å². The number of anilines is 1. The molecule has 0 aliphatic carbocycles. The number of hydrogen-bond donors (Lipinski definition) is 1. The Bertz CT molecular complexity index is 986. The van der Waals surface area contributed by atoms with Crippen molar-refractivity contribution in [1.29, 1.82) is 0 Å². The van der Waals surface area contributed by atoms with Crippen LogP contribution in [0, 0.1) is 0 Å². The Morgan fingerprint density at radius 3 is 2.43 bits per heavy atom. The lowest BCUT2D eigenvalue weighted by molar-refractivity contribution is -0.123. The molecule has 1 N–H and O–H groups in total. The summed E-state index contributed by atoms with van der Waals surface area (Å²) in [4.78, 5) is 49.9. The molecule has 1 fully saturated rings. The van der Waals surface area contributed by atoms with Gasteiger partial charge in [-0.1, -0.05) is 30.3 Å². The molecule has 3 rings (SSSR count). The molecule has 0 spiro atoms.